The lowest BCUT2D eigenvalue weighted by Crippen LogP contribution is -2.04. The zero-order chi connectivity index (χ0) is 16.4. The van der Waals surface area contributed by atoms with Crippen LogP contribution in [-0.2, 0) is 11.3 Å². The third kappa shape index (κ3) is 3.57. The summed E-state index contributed by atoms with van der Waals surface area (Å²) in [5.41, 5.74) is 1.17. The van der Waals surface area contributed by atoms with E-state index in [9.17, 15) is 4.79 Å². The van der Waals surface area contributed by atoms with Gasteiger partial charge in [-0.15, -0.1) is 0 Å². The summed E-state index contributed by atoms with van der Waals surface area (Å²) in [5, 5.41) is 4.70. The summed E-state index contributed by atoms with van der Waals surface area (Å²) >= 11 is 12.0. The van der Waals surface area contributed by atoms with Gasteiger partial charge in [0.25, 0.3) is 0 Å². The maximum absolute atomic E-state index is 12.0. The van der Waals surface area contributed by atoms with Crippen molar-refractivity contribution in [3.63, 3.8) is 0 Å². The first kappa shape index (κ1) is 15.6. The van der Waals surface area contributed by atoms with E-state index in [1.165, 1.54) is 6.07 Å². The molecule has 0 amide bonds. The number of rotatable bonds is 4. The Morgan fingerprint density at radius 2 is 2.04 bits per heavy atom. The number of furan rings is 1. The normalized spacial score (nSPS) is 10.7. The summed E-state index contributed by atoms with van der Waals surface area (Å²) in [6.07, 6.45) is 0. The Labute approximate surface area is 141 Å². The van der Waals surface area contributed by atoms with Gasteiger partial charge in [-0.1, -0.05) is 28.4 Å². The fourth-order valence-corrected chi connectivity index (χ4v) is 2.48. The Balaban J connectivity index is 1.72. The molecule has 0 bridgehead atoms. The number of benzene rings is 1. The molecule has 5 nitrogen and oxygen atoms in total. The quantitative estimate of drug-likeness (QED) is 0.625. The maximum atomic E-state index is 12.0. The maximum Gasteiger partial charge on any atom is 0.374 e. The lowest BCUT2D eigenvalue weighted by Gasteiger charge is -2.02. The van der Waals surface area contributed by atoms with Crippen molar-refractivity contribution in [3.05, 3.63) is 63.7 Å². The molecule has 7 heteroatoms. The molecule has 0 aliphatic carbocycles. The third-order valence-electron chi connectivity index (χ3n) is 3.03. The summed E-state index contributed by atoms with van der Waals surface area (Å²) in [7, 11) is 0. The van der Waals surface area contributed by atoms with Crippen molar-refractivity contribution in [1.29, 1.82) is 0 Å². The second-order valence-corrected chi connectivity index (χ2v) is 5.64. The van der Waals surface area contributed by atoms with E-state index in [2.05, 4.69) is 5.16 Å². The van der Waals surface area contributed by atoms with Gasteiger partial charge in [-0.2, -0.15) is 0 Å². The summed E-state index contributed by atoms with van der Waals surface area (Å²) < 4.78 is 15.5. The van der Waals surface area contributed by atoms with Gasteiger partial charge in [0.15, 0.2) is 0 Å². The summed E-state index contributed by atoms with van der Waals surface area (Å²) in [6, 6.07) is 9.87. The van der Waals surface area contributed by atoms with Gasteiger partial charge in [-0.05, 0) is 37.3 Å². The van der Waals surface area contributed by atoms with Crippen LogP contribution in [0.1, 0.15) is 22.0 Å². The number of ether oxygens (including phenoxy) is 1. The Bertz CT molecular complexity index is 853. The van der Waals surface area contributed by atoms with E-state index in [0.717, 1.165) is 0 Å². The van der Waals surface area contributed by atoms with Crippen molar-refractivity contribution in [2.45, 2.75) is 13.5 Å². The predicted octanol–water partition coefficient (Wildman–Crippen LogP) is 4.91. The largest absolute Gasteiger partial charge is 0.453 e. The molecule has 118 valence electrons. The number of halogens is 2. The monoisotopic (exact) mass is 351 g/mol. The second-order valence-electron chi connectivity index (χ2n) is 4.79. The molecule has 0 aliphatic rings. The highest BCUT2D eigenvalue weighted by Gasteiger charge is 2.16. The summed E-state index contributed by atoms with van der Waals surface area (Å²) in [4.78, 5) is 12.0. The van der Waals surface area contributed by atoms with Crippen LogP contribution in [0.5, 0.6) is 0 Å². The average Bonchev–Trinajstić information content (AvgIpc) is 3.14. The lowest BCUT2D eigenvalue weighted by atomic mass is 10.2. The van der Waals surface area contributed by atoms with Gasteiger partial charge in [0.05, 0.1) is 5.02 Å². The molecule has 0 aliphatic heterocycles. The second kappa shape index (κ2) is 6.48. The lowest BCUT2D eigenvalue weighted by molar-refractivity contribution is 0.0428. The number of esters is 1. The fraction of sp³-hybridized carbons (Fsp3) is 0.125. The average molecular weight is 352 g/mol. The van der Waals surface area contributed by atoms with Gasteiger partial charge in [0.1, 0.15) is 23.8 Å². The molecule has 23 heavy (non-hydrogen) atoms. The Kier molecular flexibility index (Phi) is 4.41. The van der Waals surface area contributed by atoms with Gasteiger partial charge in [-0.25, -0.2) is 4.79 Å². The first-order chi connectivity index (χ1) is 11.0. The van der Waals surface area contributed by atoms with Crippen molar-refractivity contribution in [3.8, 4) is 11.3 Å². The molecular formula is C16H11Cl2NO4. The minimum atomic E-state index is -0.595. The highest BCUT2D eigenvalue weighted by Crippen LogP contribution is 2.31. The molecule has 0 saturated heterocycles. The smallest absolute Gasteiger partial charge is 0.374 e. The van der Waals surface area contributed by atoms with Crippen molar-refractivity contribution in [2.24, 2.45) is 0 Å². The molecule has 0 fully saturated rings. The molecule has 0 atom stereocenters. The molecule has 0 spiro atoms. The molecule has 0 radical (unpaired) electrons. The van der Waals surface area contributed by atoms with Crippen LogP contribution < -0.4 is 0 Å². The van der Waals surface area contributed by atoms with Crippen molar-refractivity contribution in [2.75, 3.05) is 0 Å². The van der Waals surface area contributed by atoms with Gasteiger partial charge in [-0.3, -0.25) is 0 Å². The third-order valence-corrected chi connectivity index (χ3v) is 3.58. The zero-order valence-electron chi connectivity index (χ0n) is 12.0. The molecule has 3 aromatic rings. The molecule has 1 aromatic carbocycles. The number of hydrogen-bond donors (Lipinski definition) is 0. The van der Waals surface area contributed by atoms with E-state index in [-0.39, 0.29) is 12.4 Å². The van der Waals surface area contributed by atoms with Crippen LogP contribution in [0.25, 0.3) is 11.3 Å². The van der Waals surface area contributed by atoms with E-state index in [4.69, 9.17) is 36.9 Å². The highest BCUT2D eigenvalue weighted by atomic mass is 35.5. The summed E-state index contributed by atoms with van der Waals surface area (Å²) in [6.45, 7) is 1.76. The number of aryl methyl sites for hydroxylation is 1. The topological polar surface area (TPSA) is 65.5 Å². The van der Waals surface area contributed by atoms with Gasteiger partial charge < -0.3 is 13.7 Å². The first-order valence-electron chi connectivity index (χ1n) is 6.67. The van der Waals surface area contributed by atoms with Gasteiger partial charge in [0, 0.05) is 16.7 Å². The van der Waals surface area contributed by atoms with E-state index in [1.54, 1.807) is 37.3 Å². The van der Waals surface area contributed by atoms with E-state index < -0.39 is 5.97 Å². The molecule has 2 aromatic heterocycles. The fourth-order valence-electron chi connectivity index (χ4n) is 1.98. The van der Waals surface area contributed by atoms with Crippen molar-refractivity contribution < 1.29 is 18.5 Å². The Morgan fingerprint density at radius 3 is 2.74 bits per heavy atom. The first-order valence-corrected chi connectivity index (χ1v) is 7.43. The Hall–Kier alpha value is -2.24. The number of nitrogens with zero attached hydrogens (tertiary/aromatic N) is 1. The van der Waals surface area contributed by atoms with Crippen LogP contribution in [0.3, 0.4) is 0 Å². The van der Waals surface area contributed by atoms with Gasteiger partial charge in [0.2, 0.25) is 5.76 Å². The van der Waals surface area contributed by atoms with E-state index >= 15 is 0 Å². The van der Waals surface area contributed by atoms with Crippen molar-refractivity contribution >= 4 is 29.2 Å². The summed E-state index contributed by atoms with van der Waals surface area (Å²) in [5.74, 6) is 0.581. The van der Waals surface area contributed by atoms with E-state index in [0.29, 0.717) is 32.8 Å². The molecular weight excluding hydrogens is 341 g/mol. The molecule has 0 unspecified atom stereocenters. The highest BCUT2D eigenvalue weighted by molar-refractivity contribution is 6.36. The number of aromatic nitrogens is 1. The Morgan fingerprint density at radius 1 is 1.22 bits per heavy atom. The standard InChI is InChI=1S/C16H11Cl2NO4/c1-9-6-11(19-23-9)8-21-16(20)15-5-4-14(22-15)12-3-2-10(17)7-13(12)18/h2-7H,8H2,1H3. The molecule has 0 N–H and O–H groups in total. The van der Waals surface area contributed by atoms with Crippen LogP contribution in [0.15, 0.2) is 45.3 Å². The minimum absolute atomic E-state index is 0.00784. The molecule has 0 saturated carbocycles. The van der Waals surface area contributed by atoms with Crippen molar-refractivity contribution in [1.82, 2.24) is 5.16 Å². The van der Waals surface area contributed by atoms with Crippen LogP contribution in [-0.4, -0.2) is 11.1 Å². The number of hydrogen-bond acceptors (Lipinski definition) is 5. The predicted molar refractivity (Wildman–Crippen MR) is 84.5 cm³/mol. The van der Waals surface area contributed by atoms with Crippen LogP contribution in [0.4, 0.5) is 0 Å². The van der Waals surface area contributed by atoms with E-state index in [1.807, 2.05) is 0 Å². The van der Waals surface area contributed by atoms with Gasteiger partial charge >= 0.3 is 5.97 Å². The van der Waals surface area contributed by atoms with Crippen LogP contribution in [0.2, 0.25) is 10.0 Å². The number of carbonyl (C=O) groups excluding carboxylic acids is 1. The SMILES string of the molecule is Cc1cc(COC(=O)c2ccc(-c3ccc(Cl)cc3Cl)o2)no1. The zero-order valence-corrected chi connectivity index (χ0v) is 13.5. The minimum Gasteiger partial charge on any atom is -0.453 e. The van der Waals surface area contributed by atoms with Crippen LogP contribution >= 0.6 is 23.2 Å². The van der Waals surface area contributed by atoms with Crippen LogP contribution in [0, 0.1) is 6.92 Å². The number of carbonyl (C=O) groups is 1. The molecule has 3 rings (SSSR count). The molecule has 2 heterocycles.